The second kappa shape index (κ2) is 6.21. The lowest BCUT2D eigenvalue weighted by Gasteiger charge is -2.24. The number of aromatic nitrogens is 2. The Morgan fingerprint density at radius 2 is 2.21 bits per heavy atom. The van der Waals surface area contributed by atoms with Crippen molar-refractivity contribution in [3.63, 3.8) is 0 Å². The van der Waals surface area contributed by atoms with E-state index in [-0.39, 0.29) is 6.09 Å². The highest BCUT2D eigenvalue weighted by Crippen LogP contribution is 2.12. The molecule has 1 rings (SSSR count). The Morgan fingerprint density at radius 3 is 2.79 bits per heavy atom. The molecule has 1 heterocycles. The summed E-state index contributed by atoms with van der Waals surface area (Å²) in [5, 5.41) is 3.06. The SMILES string of the molecule is CN(CCNc1cncnc1N)C(=O)OC(C)(C)C. The Kier molecular flexibility index (Phi) is 4.91. The number of carbonyl (C=O) groups excluding carboxylic acids is 1. The molecule has 0 bridgehead atoms. The molecule has 0 saturated heterocycles. The van der Waals surface area contributed by atoms with Crippen molar-refractivity contribution >= 4 is 17.6 Å². The molecule has 0 spiro atoms. The van der Waals surface area contributed by atoms with Crippen molar-refractivity contribution in [3.05, 3.63) is 12.5 Å². The molecule has 0 radical (unpaired) electrons. The smallest absolute Gasteiger partial charge is 0.410 e. The fraction of sp³-hybridized carbons (Fsp3) is 0.583. The van der Waals surface area contributed by atoms with Crippen LogP contribution in [0.15, 0.2) is 12.5 Å². The van der Waals surface area contributed by atoms with E-state index in [1.807, 2.05) is 20.8 Å². The van der Waals surface area contributed by atoms with Gasteiger partial charge in [-0.3, -0.25) is 0 Å². The van der Waals surface area contributed by atoms with Gasteiger partial charge in [0.25, 0.3) is 0 Å². The highest BCUT2D eigenvalue weighted by Gasteiger charge is 2.19. The van der Waals surface area contributed by atoms with E-state index in [0.717, 1.165) is 0 Å². The van der Waals surface area contributed by atoms with Crippen LogP contribution in [0.5, 0.6) is 0 Å². The molecule has 1 aromatic heterocycles. The van der Waals surface area contributed by atoms with Crippen LogP contribution in [0.3, 0.4) is 0 Å². The zero-order valence-corrected chi connectivity index (χ0v) is 11.8. The molecule has 0 saturated carbocycles. The lowest BCUT2D eigenvalue weighted by molar-refractivity contribution is 0.0305. The van der Waals surface area contributed by atoms with Crippen LogP contribution in [-0.4, -0.2) is 46.7 Å². The highest BCUT2D eigenvalue weighted by molar-refractivity contribution is 5.67. The third-order valence-electron chi connectivity index (χ3n) is 2.21. The zero-order chi connectivity index (χ0) is 14.5. The topological polar surface area (TPSA) is 93.4 Å². The number of anilines is 2. The summed E-state index contributed by atoms with van der Waals surface area (Å²) >= 11 is 0. The summed E-state index contributed by atoms with van der Waals surface area (Å²) in [6.07, 6.45) is 2.62. The largest absolute Gasteiger partial charge is 0.444 e. The third kappa shape index (κ3) is 5.41. The molecule has 7 heteroatoms. The number of nitrogens with two attached hydrogens (primary N) is 1. The lowest BCUT2D eigenvalue weighted by atomic mass is 10.2. The molecule has 19 heavy (non-hydrogen) atoms. The number of likely N-dealkylation sites (N-methyl/N-ethyl adjacent to an activating group) is 1. The number of nitrogens with one attached hydrogen (secondary N) is 1. The van der Waals surface area contributed by atoms with Crippen LogP contribution >= 0.6 is 0 Å². The summed E-state index contributed by atoms with van der Waals surface area (Å²) in [5.74, 6) is 0.384. The van der Waals surface area contributed by atoms with Crippen LogP contribution in [-0.2, 0) is 4.74 Å². The minimum absolute atomic E-state index is 0.355. The lowest BCUT2D eigenvalue weighted by Crippen LogP contribution is -2.36. The van der Waals surface area contributed by atoms with Gasteiger partial charge in [-0.1, -0.05) is 0 Å². The van der Waals surface area contributed by atoms with E-state index in [1.54, 1.807) is 13.2 Å². The number of hydrogen-bond donors (Lipinski definition) is 2. The number of carbonyl (C=O) groups is 1. The molecule has 0 atom stereocenters. The standard InChI is InChI=1S/C12H21N5O2/c1-12(2,3)19-11(18)17(4)6-5-15-9-7-14-8-16-10(9)13/h7-8,15H,5-6H2,1-4H3,(H2,13,14,16). The predicted molar refractivity (Wildman–Crippen MR) is 73.8 cm³/mol. The maximum atomic E-state index is 11.7. The fourth-order valence-corrected chi connectivity index (χ4v) is 1.26. The molecule has 0 unspecified atom stereocenters. The number of hydrogen-bond acceptors (Lipinski definition) is 6. The molecule has 0 aromatic carbocycles. The first kappa shape index (κ1) is 15.0. The molecular weight excluding hydrogens is 246 g/mol. The van der Waals surface area contributed by atoms with Crippen molar-refractivity contribution < 1.29 is 9.53 Å². The van der Waals surface area contributed by atoms with Gasteiger partial charge in [-0.2, -0.15) is 0 Å². The summed E-state index contributed by atoms with van der Waals surface area (Å²) < 4.78 is 5.24. The van der Waals surface area contributed by atoms with Gasteiger partial charge in [0.05, 0.1) is 11.9 Å². The first-order chi connectivity index (χ1) is 8.79. The normalized spacial score (nSPS) is 10.9. The van der Waals surface area contributed by atoms with Gasteiger partial charge in [-0.15, -0.1) is 0 Å². The van der Waals surface area contributed by atoms with E-state index in [4.69, 9.17) is 10.5 Å². The maximum Gasteiger partial charge on any atom is 0.410 e. The van der Waals surface area contributed by atoms with Gasteiger partial charge in [0, 0.05) is 20.1 Å². The van der Waals surface area contributed by atoms with Crippen molar-refractivity contribution in [2.24, 2.45) is 0 Å². The monoisotopic (exact) mass is 267 g/mol. The Morgan fingerprint density at radius 1 is 1.53 bits per heavy atom. The molecule has 0 aliphatic rings. The second-order valence-corrected chi connectivity index (χ2v) is 5.15. The number of amides is 1. The van der Waals surface area contributed by atoms with Gasteiger partial charge in [0.1, 0.15) is 17.7 Å². The molecule has 7 nitrogen and oxygen atoms in total. The van der Waals surface area contributed by atoms with Gasteiger partial charge in [-0.25, -0.2) is 14.8 Å². The van der Waals surface area contributed by atoms with Crippen molar-refractivity contribution in [2.75, 3.05) is 31.2 Å². The quantitative estimate of drug-likeness (QED) is 0.855. The molecule has 3 N–H and O–H groups in total. The average Bonchev–Trinajstić information content (AvgIpc) is 2.29. The summed E-state index contributed by atoms with van der Waals surface area (Å²) in [4.78, 5) is 20.9. The van der Waals surface area contributed by atoms with Gasteiger partial charge >= 0.3 is 6.09 Å². The number of rotatable bonds is 4. The number of ether oxygens (including phenoxy) is 1. The van der Waals surface area contributed by atoms with Crippen LogP contribution in [0, 0.1) is 0 Å². The summed E-state index contributed by atoms with van der Waals surface area (Å²) in [6, 6.07) is 0. The first-order valence-corrected chi connectivity index (χ1v) is 6.03. The van der Waals surface area contributed by atoms with E-state index in [1.165, 1.54) is 11.2 Å². The number of nitrogen functional groups attached to an aromatic ring is 1. The first-order valence-electron chi connectivity index (χ1n) is 6.03. The number of nitrogens with zero attached hydrogens (tertiary/aromatic N) is 3. The van der Waals surface area contributed by atoms with E-state index in [9.17, 15) is 4.79 Å². The molecule has 106 valence electrons. The third-order valence-corrected chi connectivity index (χ3v) is 2.21. The molecule has 0 aliphatic heterocycles. The van der Waals surface area contributed by atoms with Crippen molar-refractivity contribution in [3.8, 4) is 0 Å². The van der Waals surface area contributed by atoms with Crippen molar-refractivity contribution in [1.29, 1.82) is 0 Å². The minimum Gasteiger partial charge on any atom is -0.444 e. The van der Waals surface area contributed by atoms with Crippen LogP contribution in [0.25, 0.3) is 0 Å². The maximum absolute atomic E-state index is 11.7. The van der Waals surface area contributed by atoms with Gasteiger partial charge in [-0.05, 0) is 20.8 Å². The van der Waals surface area contributed by atoms with Crippen LogP contribution < -0.4 is 11.1 Å². The van der Waals surface area contributed by atoms with E-state index in [0.29, 0.717) is 24.6 Å². The average molecular weight is 267 g/mol. The van der Waals surface area contributed by atoms with E-state index in [2.05, 4.69) is 15.3 Å². The fourth-order valence-electron chi connectivity index (χ4n) is 1.26. The predicted octanol–water partition coefficient (Wildman–Crippen LogP) is 1.34. The Hall–Kier alpha value is -2.05. The van der Waals surface area contributed by atoms with Gasteiger partial charge in [0.2, 0.25) is 0 Å². The van der Waals surface area contributed by atoms with Crippen molar-refractivity contribution in [2.45, 2.75) is 26.4 Å². The molecule has 0 fully saturated rings. The summed E-state index contributed by atoms with van der Waals surface area (Å²) in [6.45, 7) is 6.52. The van der Waals surface area contributed by atoms with Crippen molar-refractivity contribution in [1.82, 2.24) is 14.9 Å². The van der Waals surface area contributed by atoms with Crippen LogP contribution in [0.1, 0.15) is 20.8 Å². The highest BCUT2D eigenvalue weighted by atomic mass is 16.6. The molecule has 1 aromatic rings. The van der Waals surface area contributed by atoms with E-state index < -0.39 is 5.60 Å². The Balaban J connectivity index is 2.37. The van der Waals surface area contributed by atoms with E-state index >= 15 is 0 Å². The summed E-state index contributed by atoms with van der Waals surface area (Å²) in [7, 11) is 1.68. The molecule has 0 aliphatic carbocycles. The summed E-state index contributed by atoms with van der Waals surface area (Å²) in [5.41, 5.74) is 5.82. The van der Waals surface area contributed by atoms with Gasteiger partial charge in [0.15, 0.2) is 0 Å². The zero-order valence-electron chi connectivity index (χ0n) is 11.8. The molecule has 1 amide bonds. The second-order valence-electron chi connectivity index (χ2n) is 5.15. The Bertz CT molecular complexity index is 430. The molecular formula is C12H21N5O2. The van der Waals surface area contributed by atoms with Gasteiger partial charge < -0.3 is 20.7 Å². The van der Waals surface area contributed by atoms with Crippen LogP contribution in [0.4, 0.5) is 16.3 Å². The Labute approximate surface area is 113 Å². The van der Waals surface area contributed by atoms with Crippen LogP contribution in [0.2, 0.25) is 0 Å². The minimum atomic E-state index is -0.490.